The number of anilines is 2. The van der Waals surface area contributed by atoms with E-state index >= 15 is 0 Å². The molecule has 3 aromatic rings. The van der Waals surface area contributed by atoms with Crippen LogP contribution in [0.4, 0.5) is 11.5 Å². The second-order valence-corrected chi connectivity index (χ2v) is 8.12. The molecule has 2 heterocycles. The van der Waals surface area contributed by atoms with Crippen molar-refractivity contribution in [3.05, 3.63) is 51.9 Å². The number of carboxylic acid groups (broad SMARTS) is 1. The molecule has 0 unspecified atom stereocenters. The average molecular weight is 437 g/mol. The van der Waals surface area contributed by atoms with Gasteiger partial charge in [-0.25, -0.2) is 19.7 Å². The Morgan fingerprint density at radius 2 is 2.06 bits per heavy atom. The predicted octanol–water partition coefficient (Wildman–Crippen LogP) is 4.69. The second kappa shape index (κ2) is 8.36. The van der Waals surface area contributed by atoms with Gasteiger partial charge in [-0.3, -0.25) is 0 Å². The SMILES string of the molecule is Cc1cc([C@@H](C)Nc2ccc(Cl)nc2C(=O)O)c2nc(NC3CCC3)c(C#N)nc2c1. The molecule has 1 fully saturated rings. The highest BCUT2D eigenvalue weighted by atomic mass is 35.5. The topological polar surface area (TPSA) is 124 Å². The monoisotopic (exact) mass is 436 g/mol. The fourth-order valence-electron chi connectivity index (χ4n) is 3.61. The zero-order valence-corrected chi connectivity index (χ0v) is 17.9. The number of nitriles is 1. The maximum Gasteiger partial charge on any atom is 0.356 e. The molecular formula is C22H21ClN6O2. The first-order valence-corrected chi connectivity index (χ1v) is 10.4. The Morgan fingerprint density at radius 1 is 1.29 bits per heavy atom. The summed E-state index contributed by atoms with van der Waals surface area (Å²) in [5.74, 6) is -0.687. The number of carbonyl (C=O) groups is 1. The first kappa shape index (κ1) is 20.8. The van der Waals surface area contributed by atoms with Crippen molar-refractivity contribution >= 4 is 40.1 Å². The molecule has 1 aliphatic rings. The molecule has 0 radical (unpaired) electrons. The second-order valence-electron chi connectivity index (χ2n) is 7.73. The van der Waals surface area contributed by atoms with E-state index in [0.29, 0.717) is 28.6 Å². The van der Waals surface area contributed by atoms with Crippen LogP contribution in [0.2, 0.25) is 5.15 Å². The van der Waals surface area contributed by atoms with Gasteiger partial charge in [-0.05, 0) is 56.9 Å². The number of aromatic carboxylic acids is 1. The normalized spacial score (nSPS) is 14.5. The number of hydrogen-bond donors (Lipinski definition) is 3. The first-order valence-electron chi connectivity index (χ1n) is 10.0. The number of halogens is 1. The molecule has 1 saturated carbocycles. The Labute approximate surface area is 184 Å². The minimum Gasteiger partial charge on any atom is -0.476 e. The zero-order chi connectivity index (χ0) is 22.1. The number of aryl methyl sites for hydroxylation is 1. The van der Waals surface area contributed by atoms with Gasteiger partial charge < -0.3 is 15.7 Å². The molecule has 0 amide bonds. The summed E-state index contributed by atoms with van der Waals surface area (Å²) in [6.45, 7) is 3.85. The lowest BCUT2D eigenvalue weighted by Crippen LogP contribution is -2.28. The minimum absolute atomic E-state index is 0.109. The van der Waals surface area contributed by atoms with Crippen molar-refractivity contribution in [2.24, 2.45) is 0 Å². The number of aromatic nitrogens is 3. The van der Waals surface area contributed by atoms with Crippen molar-refractivity contribution < 1.29 is 9.90 Å². The van der Waals surface area contributed by atoms with Crippen LogP contribution in [0.5, 0.6) is 0 Å². The number of rotatable bonds is 6. The molecular weight excluding hydrogens is 416 g/mol. The predicted molar refractivity (Wildman–Crippen MR) is 118 cm³/mol. The Hall–Kier alpha value is -3.44. The number of carboxylic acids is 1. The van der Waals surface area contributed by atoms with E-state index in [1.54, 1.807) is 6.07 Å². The number of nitrogens with one attached hydrogen (secondary N) is 2. The van der Waals surface area contributed by atoms with Gasteiger partial charge in [-0.15, -0.1) is 0 Å². The van der Waals surface area contributed by atoms with Crippen LogP contribution in [0.15, 0.2) is 24.3 Å². The Balaban J connectivity index is 1.76. The fourth-order valence-corrected chi connectivity index (χ4v) is 3.76. The van der Waals surface area contributed by atoms with E-state index < -0.39 is 5.97 Å². The van der Waals surface area contributed by atoms with E-state index in [0.717, 1.165) is 30.4 Å². The van der Waals surface area contributed by atoms with Gasteiger partial charge in [0.1, 0.15) is 11.2 Å². The van der Waals surface area contributed by atoms with E-state index in [1.165, 1.54) is 6.07 Å². The van der Waals surface area contributed by atoms with Gasteiger partial charge >= 0.3 is 5.97 Å². The lowest BCUT2D eigenvalue weighted by atomic mass is 9.93. The maximum absolute atomic E-state index is 11.6. The quantitative estimate of drug-likeness (QED) is 0.475. The van der Waals surface area contributed by atoms with Crippen LogP contribution in [-0.4, -0.2) is 32.1 Å². The third kappa shape index (κ3) is 4.23. The van der Waals surface area contributed by atoms with Crippen LogP contribution in [0.3, 0.4) is 0 Å². The van der Waals surface area contributed by atoms with E-state index in [-0.39, 0.29) is 22.6 Å². The summed E-state index contributed by atoms with van der Waals surface area (Å²) in [5.41, 5.74) is 3.55. The number of pyridine rings is 1. The smallest absolute Gasteiger partial charge is 0.356 e. The zero-order valence-electron chi connectivity index (χ0n) is 17.1. The van der Waals surface area contributed by atoms with Gasteiger partial charge in [0.05, 0.1) is 22.8 Å². The van der Waals surface area contributed by atoms with E-state index in [4.69, 9.17) is 16.6 Å². The molecule has 1 atom stereocenters. The molecule has 0 aliphatic heterocycles. The first-order chi connectivity index (χ1) is 14.9. The minimum atomic E-state index is -1.17. The fraction of sp³-hybridized carbons (Fsp3) is 0.318. The van der Waals surface area contributed by atoms with Gasteiger partial charge in [-0.2, -0.15) is 5.26 Å². The number of nitrogens with zero attached hydrogens (tertiary/aromatic N) is 4. The Morgan fingerprint density at radius 3 is 2.71 bits per heavy atom. The lowest BCUT2D eigenvalue weighted by Gasteiger charge is -2.27. The molecule has 4 rings (SSSR count). The van der Waals surface area contributed by atoms with Crippen molar-refractivity contribution in [1.82, 2.24) is 15.0 Å². The van der Waals surface area contributed by atoms with Crippen molar-refractivity contribution in [2.75, 3.05) is 10.6 Å². The highest BCUT2D eigenvalue weighted by Crippen LogP contribution is 2.31. The summed E-state index contributed by atoms with van der Waals surface area (Å²) in [6.07, 6.45) is 3.25. The molecule has 1 aromatic carbocycles. The third-order valence-electron chi connectivity index (χ3n) is 5.40. The van der Waals surface area contributed by atoms with Crippen LogP contribution in [0, 0.1) is 18.3 Å². The molecule has 0 bridgehead atoms. The van der Waals surface area contributed by atoms with Gasteiger partial charge in [0.2, 0.25) is 0 Å². The van der Waals surface area contributed by atoms with E-state index in [9.17, 15) is 15.2 Å². The summed E-state index contributed by atoms with van der Waals surface area (Å²) >= 11 is 5.86. The molecule has 0 saturated heterocycles. The number of fused-ring (bicyclic) bond motifs is 1. The van der Waals surface area contributed by atoms with Gasteiger partial charge in [-0.1, -0.05) is 17.7 Å². The van der Waals surface area contributed by atoms with Crippen LogP contribution in [-0.2, 0) is 0 Å². The van der Waals surface area contributed by atoms with Crippen LogP contribution in [0.1, 0.15) is 59.5 Å². The Bertz CT molecular complexity index is 1220. The molecule has 2 aromatic heterocycles. The molecule has 0 spiro atoms. The highest BCUT2D eigenvalue weighted by Gasteiger charge is 2.22. The maximum atomic E-state index is 11.6. The third-order valence-corrected chi connectivity index (χ3v) is 5.61. The van der Waals surface area contributed by atoms with E-state index in [2.05, 4.69) is 26.7 Å². The van der Waals surface area contributed by atoms with Crippen molar-refractivity contribution in [3.63, 3.8) is 0 Å². The number of hydrogen-bond acceptors (Lipinski definition) is 7. The molecule has 158 valence electrons. The molecule has 9 heteroatoms. The lowest BCUT2D eigenvalue weighted by molar-refractivity contribution is 0.0691. The van der Waals surface area contributed by atoms with Crippen LogP contribution >= 0.6 is 11.6 Å². The summed E-state index contributed by atoms with van der Waals surface area (Å²) in [4.78, 5) is 24.8. The standard InChI is InChI=1S/C22H21ClN6O2/c1-11-8-14(12(2)25-15-6-7-18(23)28-20(15)22(30)31)19-16(9-11)27-17(10-24)21(29-19)26-13-4-3-5-13/h6-9,12-13,25H,3-5H2,1-2H3,(H,26,29)(H,30,31)/t12-/m1/s1. The van der Waals surface area contributed by atoms with Crippen LogP contribution < -0.4 is 10.6 Å². The Kier molecular flexibility index (Phi) is 5.61. The molecule has 31 heavy (non-hydrogen) atoms. The summed E-state index contributed by atoms with van der Waals surface area (Å²) < 4.78 is 0. The van der Waals surface area contributed by atoms with Crippen molar-refractivity contribution in [2.45, 2.75) is 45.2 Å². The number of benzene rings is 1. The largest absolute Gasteiger partial charge is 0.476 e. The van der Waals surface area contributed by atoms with Crippen molar-refractivity contribution in [1.29, 1.82) is 5.26 Å². The summed E-state index contributed by atoms with van der Waals surface area (Å²) in [6, 6.07) is 9.14. The highest BCUT2D eigenvalue weighted by molar-refractivity contribution is 6.29. The average Bonchev–Trinajstić information content (AvgIpc) is 2.70. The molecule has 8 nitrogen and oxygen atoms in total. The van der Waals surface area contributed by atoms with Crippen LogP contribution in [0.25, 0.3) is 11.0 Å². The van der Waals surface area contributed by atoms with Gasteiger partial charge in [0, 0.05) is 11.6 Å². The summed E-state index contributed by atoms with van der Waals surface area (Å²) in [5, 5.41) is 25.7. The molecule has 1 aliphatic carbocycles. The summed E-state index contributed by atoms with van der Waals surface area (Å²) in [7, 11) is 0. The van der Waals surface area contributed by atoms with Gasteiger partial charge in [0.15, 0.2) is 17.2 Å². The van der Waals surface area contributed by atoms with E-state index in [1.807, 2.05) is 26.0 Å². The van der Waals surface area contributed by atoms with Gasteiger partial charge in [0.25, 0.3) is 0 Å². The molecule has 3 N–H and O–H groups in total. The van der Waals surface area contributed by atoms with Crippen molar-refractivity contribution in [3.8, 4) is 6.07 Å².